The molecule has 0 bridgehead atoms. The highest BCUT2D eigenvalue weighted by atomic mass is 32.2. The summed E-state index contributed by atoms with van der Waals surface area (Å²) in [4.78, 5) is -0.00886. The van der Waals surface area contributed by atoms with E-state index < -0.39 is 15.3 Å². The number of halogens is 1. The van der Waals surface area contributed by atoms with E-state index in [1.807, 2.05) is 18.2 Å². The maximum absolute atomic E-state index is 14.7. The third-order valence-electron chi connectivity index (χ3n) is 3.41. The van der Waals surface area contributed by atoms with E-state index in [4.69, 9.17) is 0 Å². The lowest BCUT2D eigenvalue weighted by molar-refractivity contribution is 0.433. The fraction of sp³-hybridized carbons (Fsp3) is 0.0588. The van der Waals surface area contributed by atoms with Crippen molar-refractivity contribution in [2.45, 2.75) is 10.4 Å². The van der Waals surface area contributed by atoms with Gasteiger partial charge in [0.25, 0.3) is 0 Å². The van der Waals surface area contributed by atoms with Crippen molar-refractivity contribution in [3.63, 3.8) is 0 Å². The van der Waals surface area contributed by atoms with Crippen molar-refractivity contribution in [1.29, 1.82) is 0 Å². The number of benzene rings is 3. The first-order chi connectivity index (χ1) is 10.1. The molecule has 3 aromatic carbocycles. The molecule has 0 aliphatic heterocycles. The molecule has 0 saturated carbocycles. The van der Waals surface area contributed by atoms with E-state index in [1.54, 1.807) is 36.4 Å². The first-order valence-electron chi connectivity index (χ1n) is 6.51. The van der Waals surface area contributed by atoms with Crippen LogP contribution in [0.15, 0.2) is 77.7 Å². The molecule has 4 heteroatoms. The second-order valence-electron chi connectivity index (χ2n) is 4.74. The van der Waals surface area contributed by atoms with Gasteiger partial charge in [-0.05, 0) is 22.9 Å². The van der Waals surface area contributed by atoms with Gasteiger partial charge in [0, 0.05) is 5.56 Å². The third-order valence-corrected chi connectivity index (χ3v) is 5.14. The van der Waals surface area contributed by atoms with Gasteiger partial charge in [0.2, 0.25) is 15.3 Å². The molecule has 0 N–H and O–H groups in total. The van der Waals surface area contributed by atoms with Gasteiger partial charge in [0.15, 0.2) is 0 Å². The molecule has 1 atom stereocenters. The smallest absolute Gasteiger partial charge is 0.224 e. The van der Waals surface area contributed by atoms with Gasteiger partial charge in [-0.3, -0.25) is 0 Å². The van der Waals surface area contributed by atoms with Gasteiger partial charge in [-0.2, -0.15) is 0 Å². The van der Waals surface area contributed by atoms with E-state index in [1.165, 1.54) is 18.2 Å². The Labute approximate surface area is 122 Å². The van der Waals surface area contributed by atoms with Gasteiger partial charge >= 0.3 is 0 Å². The van der Waals surface area contributed by atoms with Gasteiger partial charge in [0.05, 0.1) is 4.90 Å². The highest BCUT2D eigenvalue weighted by Gasteiger charge is 2.29. The summed E-state index contributed by atoms with van der Waals surface area (Å²) in [6.45, 7) is 0. The first-order valence-corrected chi connectivity index (χ1v) is 8.06. The summed E-state index contributed by atoms with van der Waals surface area (Å²) in [5, 5.41) is 1.44. The average molecular weight is 300 g/mol. The molecule has 0 heterocycles. The summed E-state index contributed by atoms with van der Waals surface area (Å²) in [5.74, 6) is 0. The zero-order valence-electron chi connectivity index (χ0n) is 11.1. The monoisotopic (exact) mass is 300 g/mol. The largest absolute Gasteiger partial charge is 0.230 e. The average Bonchev–Trinajstić information content (AvgIpc) is 2.54. The Balaban J connectivity index is 2.15. The van der Waals surface area contributed by atoms with Crippen LogP contribution in [0.3, 0.4) is 0 Å². The fourth-order valence-corrected chi connectivity index (χ4v) is 3.66. The zero-order chi connectivity index (χ0) is 14.9. The lowest BCUT2D eigenvalue weighted by Crippen LogP contribution is -2.09. The molecule has 0 aromatic heterocycles. The predicted molar refractivity (Wildman–Crippen MR) is 81.4 cm³/mol. The van der Waals surface area contributed by atoms with Gasteiger partial charge in [-0.15, -0.1) is 0 Å². The standard InChI is InChI=1S/C17H13FO2S/c18-17(21(19,20)14-9-2-1-3-10-14)16-12-6-8-13-7-4-5-11-15(13)16/h1-12,17H. The molecule has 3 rings (SSSR count). The topological polar surface area (TPSA) is 34.1 Å². The number of hydrogen-bond acceptors (Lipinski definition) is 2. The summed E-state index contributed by atoms with van der Waals surface area (Å²) in [6.07, 6.45) is 0. The lowest BCUT2D eigenvalue weighted by atomic mass is 10.1. The lowest BCUT2D eigenvalue weighted by Gasteiger charge is -2.13. The Kier molecular flexibility index (Phi) is 3.47. The minimum absolute atomic E-state index is 0.00886. The number of fused-ring (bicyclic) bond motifs is 1. The zero-order valence-corrected chi connectivity index (χ0v) is 11.9. The summed E-state index contributed by atoms with van der Waals surface area (Å²) < 4.78 is 39.5. The van der Waals surface area contributed by atoms with Crippen LogP contribution in [0.25, 0.3) is 10.8 Å². The van der Waals surface area contributed by atoms with Crippen LogP contribution in [-0.4, -0.2) is 8.42 Å². The third kappa shape index (κ3) is 2.43. The second kappa shape index (κ2) is 5.30. The SMILES string of the molecule is O=S(=O)(c1ccccc1)C(F)c1cccc2ccccc12. The highest BCUT2D eigenvalue weighted by Crippen LogP contribution is 2.34. The summed E-state index contributed by atoms with van der Waals surface area (Å²) in [7, 11) is -4.05. The highest BCUT2D eigenvalue weighted by molar-refractivity contribution is 7.91. The molecule has 0 fully saturated rings. The molecule has 0 aliphatic carbocycles. The Morgan fingerprint density at radius 1 is 0.762 bits per heavy atom. The van der Waals surface area contributed by atoms with Crippen LogP contribution in [0, 0.1) is 0 Å². The van der Waals surface area contributed by atoms with Crippen LogP contribution in [0.1, 0.15) is 11.1 Å². The summed E-state index contributed by atoms with van der Waals surface area (Å²) in [6, 6.07) is 19.9. The predicted octanol–water partition coefficient (Wildman–Crippen LogP) is 4.28. The van der Waals surface area contributed by atoms with Crippen molar-refractivity contribution >= 4 is 20.6 Å². The van der Waals surface area contributed by atoms with E-state index >= 15 is 0 Å². The maximum Gasteiger partial charge on any atom is 0.230 e. The Morgan fingerprint density at radius 3 is 2.14 bits per heavy atom. The van der Waals surface area contributed by atoms with E-state index in [9.17, 15) is 12.8 Å². The van der Waals surface area contributed by atoms with E-state index in [0.29, 0.717) is 5.39 Å². The Morgan fingerprint density at radius 2 is 1.38 bits per heavy atom. The first kappa shape index (κ1) is 13.8. The Hall–Kier alpha value is -2.20. The molecule has 2 nitrogen and oxygen atoms in total. The van der Waals surface area contributed by atoms with Crippen LogP contribution in [0.5, 0.6) is 0 Å². The van der Waals surface area contributed by atoms with Crippen molar-refractivity contribution in [3.05, 3.63) is 78.4 Å². The maximum atomic E-state index is 14.7. The second-order valence-corrected chi connectivity index (χ2v) is 6.72. The quantitative estimate of drug-likeness (QED) is 0.723. The summed E-state index contributed by atoms with van der Waals surface area (Å²) >= 11 is 0. The van der Waals surface area contributed by atoms with E-state index in [2.05, 4.69) is 0 Å². The number of sulfone groups is 1. The molecule has 0 spiro atoms. The van der Waals surface area contributed by atoms with Crippen molar-refractivity contribution in [3.8, 4) is 0 Å². The molecule has 0 radical (unpaired) electrons. The van der Waals surface area contributed by atoms with E-state index in [0.717, 1.165) is 5.39 Å². The summed E-state index contributed by atoms with van der Waals surface area (Å²) in [5.41, 5.74) is -1.90. The van der Waals surface area contributed by atoms with Crippen LogP contribution in [-0.2, 0) is 9.84 Å². The molecule has 0 saturated heterocycles. The number of alkyl halides is 1. The van der Waals surface area contributed by atoms with Gasteiger partial charge in [-0.25, -0.2) is 12.8 Å². The Bertz CT molecular complexity index is 868. The van der Waals surface area contributed by atoms with Crippen LogP contribution >= 0.6 is 0 Å². The van der Waals surface area contributed by atoms with Crippen LogP contribution < -0.4 is 0 Å². The molecule has 21 heavy (non-hydrogen) atoms. The van der Waals surface area contributed by atoms with Gasteiger partial charge in [0.1, 0.15) is 0 Å². The molecular weight excluding hydrogens is 287 g/mol. The normalized spacial score (nSPS) is 13.2. The minimum atomic E-state index is -4.05. The minimum Gasteiger partial charge on any atom is -0.224 e. The molecule has 3 aromatic rings. The van der Waals surface area contributed by atoms with Crippen LogP contribution in [0.2, 0.25) is 0 Å². The number of rotatable bonds is 3. The van der Waals surface area contributed by atoms with Crippen molar-refractivity contribution in [2.75, 3.05) is 0 Å². The van der Waals surface area contributed by atoms with Crippen molar-refractivity contribution in [2.24, 2.45) is 0 Å². The molecule has 106 valence electrons. The van der Waals surface area contributed by atoms with Crippen molar-refractivity contribution in [1.82, 2.24) is 0 Å². The van der Waals surface area contributed by atoms with Crippen LogP contribution in [0.4, 0.5) is 4.39 Å². The number of hydrogen-bond donors (Lipinski definition) is 0. The molecule has 0 amide bonds. The van der Waals surface area contributed by atoms with Gasteiger partial charge in [-0.1, -0.05) is 60.7 Å². The molecular formula is C17H13FO2S. The fourth-order valence-electron chi connectivity index (χ4n) is 2.35. The molecule has 1 unspecified atom stereocenters. The van der Waals surface area contributed by atoms with Crippen molar-refractivity contribution < 1.29 is 12.8 Å². The van der Waals surface area contributed by atoms with E-state index in [-0.39, 0.29) is 10.5 Å². The van der Waals surface area contributed by atoms with Gasteiger partial charge < -0.3 is 0 Å². The molecule has 0 aliphatic rings.